The number of hydrogen-bond donors (Lipinski definition) is 1. The number of para-hydroxylation sites is 1. The summed E-state index contributed by atoms with van der Waals surface area (Å²) in [5.41, 5.74) is 5.64. The van der Waals surface area contributed by atoms with Crippen LogP contribution in [0.15, 0.2) is 72.8 Å². The molecule has 2 heterocycles. The fraction of sp³-hybridized carbons (Fsp3) is 0.103. The molecule has 6 nitrogen and oxygen atoms in total. The van der Waals surface area contributed by atoms with Gasteiger partial charge in [-0.25, -0.2) is 9.78 Å². The van der Waals surface area contributed by atoms with Gasteiger partial charge < -0.3 is 10.1 Å². The maximum atomic E-state index is 13.0. The van der Waals surface area contributed by atoms with E-state index < -0.39 is 18.5 Å². The lowest BCUT2D eigenvalue weighted by atomic mass is 9.90. The molecule has 0 saturated heterocycles. The minimum atomic E-state index is -0.607. The molecule has 0 aliphatic heterocycles. The van der Waals surface area contributed by atoms with Crippen molar-refractivity contribution in [1.82, 2.24) is 4.98 Å². The predicted molar refractivity (Wildman–Crippen MR) is 146 cm³/mol. The van der Waals surface area contributed by atoms with Crippen molar-refractivity contribution in [3.05, 3.63) is 95.1 Å². The van der Waals surface area contributed by atoms with Gasteiger partial charge in [0.15, 0.2) is 6.61 Å². The fourth-order valence-corrected chi connectivity index (χ4v) is 6.84. The second-order valence-corrected chi connectivity index (χ2v) is 10.6. The molecule has 0 radical (unpaired) electrons. The summed E-state index contributed by atoms with van der Waals surface area (Å²) in [7, 11) is 0. The van der Waals surface area contributed by atoms with Crippen LogP contribution in [0, 0.1) is 11.3 Å². The molecule has 0 unspecified atom stereocenters. The van der Waals surface area contributed by atoms with E-state index in [4.69, 9.17) is 4.74 Å². The van der Waals surface area contributed by atoms with E-state index in [1.807, 2.05) is 54.6 Å². The third-order valence-corrected chi connectivity index (χ3v) is 8.53. The maximum absolute atomic E-state index is 13.0. The number of amides is 1. The highest BCUT2D eigenvalue weighted by atomic mass is 32.1. The molecule has 0 atom stereocenters. The number of thiophene rings is 1. The van der Waals surface area contributed by atoms with E-state index >= 15 is 0 Å². The van der Waals surface area contributed by atoms with Gasteiger partial charge in [0, 0.05) is 10.4 Å². The van der Waals surface area contributed by atoms with E-state index in [0.29, 0.717) is 26.7 Å². The molecule has 2 aromatic heterocycles. The first-order valence-electron chi connectivity index (χ1n) is 11.7. The van der Waals surface area contributed by atoms with Crippen LogP contribution in [-0.2, 0) is 22.4 Å². The van der Waals surface area contributed by atoms with Crippen LogP contribution in [-0.4, -0.2) is 23.5 Å². The number of aromatic nitrogens is 1. The lowest BCUT2D eigenvalue weighted by Gasteiger charge is -2.15. The molecule has 0 saturated carbocycles. The number of benzene rings is 3. The molecular weight excluding hydrogens is 502 g/mol. The SMILES string of the molecule is N#Cc1c(NC(=O)COC(=O)c2ccccc2-c2nc3ccccc3s2)sc2c1CCc1ccccc1-2. The summed E-state index contributed by atoms with van der Waals surface area (Å²) in [4.78, 5) is 31.4. The number of thiazole rings is 1. The Bertz CT molecular complexity index is 1700. The Morgan fingerprint density at radius 2 is 1.70 bits per heavy atom. The summed E-state index contributed by atoms with van der Waals surface area (Å²) in [5, 5.41) is 13.8. The van der Waals surface area contributed by atoms with E-state index in [9.17, 15) is 14.9 Å². The van der Waals surface area contributed by atoms with Gasteiger partial charge in [-0.05, 0) is 47.7 Å². The van der Waals surface area contributed by atoms with Gasteiger partial charge in [-0.1, -0.05) is 54.6 Å². The lowest BCUT2D eigenvalue weighted by molar-refractivity contribution is -0.119. The summed E-state index contributed by atoms with van der Waals surface area (Å²) in [6.07, 6.45) is 1.60. The highest BCUT2D eigenvalue weighted by Crippen LogP contribution is 2.44. The summed E-state index contributed by atoms with van der Waals surface area (Å²) >= 11 is 2.88. The van der Waals surface area contributed by atoms with E-state index in [1.165, 1.54) is 28.2 Å². The summed E-state index contributed by atoms with van der Waals surface area (Å²) in [6, 6.07) is 25.2. The molecule has 8 heteroatoms. The second kappa shape index (κ2) is 9.62. The Morgan fingerprint density at radius 1 is 0.946 bits per heavy atom. The molecule has 0 spiro atoms. The van der Waals surface area contributed by atoms with Crippen molar-refractivity contribution in [3.63, 3.8) is 0 Å². The lowest BCUT2D eigenvalue weighted by Crippen LogP contribution is -2.21. The average molecular weight is 522 g/mol. The Balaban J connectivity index is 1.19. The molecule has 0 bridgehead atoms. The van der Waals surface area contributed by atoms with Crippen molar-refractivity contribution in [2.75, 3.05) is 11.9 Å². The topological polar surface area (TPSA) is 92.1 Å². The first-order chi connectivity index (χ1) is 18.1. The molecule has 6 rings (SSSR count). The number of nitrogens with one attached hydrogen (secondary N) is 1. The molecule has 37 heavy (non-hydrogen) atoms. The number of fused-ring (bicyclic) bond motifs is 4. The fourth-order valence-electron chi connectivity index (χ4n) is 4.55. The smallest absolute Gasteiger partial charge is 0.339 e. The van der Waals surface area contributed by atoms with Gasteiger partial charge in [0.1, 0.15) is 16.1 Å². The van der Waals surface area contributed by atoms with Gasteiger partial charge in [-0.2, -0.15) is 5.26 Å². The number of nitriles is 1. The van der Waals surface area contributed by atoms with Crippen LogP contribution >= 0.6 is 22.7 Å². The largest absolute Gasteiger partial charge is 0.452 e. The van der Waals surface area contributed by atoms with Crippen LogP contribution < -0.4 is 5.32 Å². The van der Waals surface area contributed by atoms with Gasteiger partial charge in [0.05, 0.1) is 21.3 Å². The standard InChI is InChI=1S/C29H19N3O3S2/c30-15-22-19-14-13-17-7-1-2-8-18(17)26(19)37-28(22)32-25(33)16-35-29(34)21-10-4-3-9-20(21)27-31-23-11-5-6-12-24(23)36-27/h1-12H,13-14,16H2,(H,32,33). The van der Waals surface area contributed by atoms with Crippen molar-refractivity contribution >= 4 is 49.8 Å². The van der Waals surface area contributed by atoms with Crippen molar-refractivity contribution in [1.29, 1.82) is 5.26 Å². The number of hydrogen-bond acceptors (Lipinski definition) is 7. The highest BCUT2D eigenvalue weighted by Gasteiger charge is 2.25. The Kier molecular flexibility index (Phi) is 6.01. The van der Waals surface area contributed by atoms with E-state index in [-0.39, 0.29) is 0 Å². The first-order valence-corrected chi connectivity index (χ1v) is 13.3. The van der Waals surface area contributed by atoms with Crippen LogP contribution in [0.2, 0.25) is 0 Å². The van der Waals surface area contributed by atoms with Crippen LogP contribution in [0.4, 0.5) is 5.00 Å². The van der Waals surface area contributed by atoms with Crippen molar-refractivity contribution < 1.29 is 14.3 Å². The van der Waals surface area contributed by atoms with Gasteiger partial charge in [-0.3, -0.25) is 4.79 Å². The zero-order valence-electron chi connectivity index (χ0n) is 19.5. The van der Waals surface area contributed by atoms with Crippen LogP contribution in [0.1, 0.15) is 27.0 Å². The number of rotatable bonds is 5. The van der Waals surface area contributed by atoms with E-state index in [1.54, 1.807) is 12.1 Å². The molecule has 0 fully saturated rings. The van der Waals surface area contributed by atoms with Crippen LogP contribution in [0.3, 0.4) is 0 Å². The molecule has 1 aliphatic rings. The Labute approximate surface area is 220 Å². The number of carbonyl (C=O) groups is 2. The molecular formula is C29H19N3O3S2. The average Bonchev–Trinajstić information content (AvgIpc) is 3.53. The predicted octanol–water partition coefficient (Wildman–Crippen LogP) is 6.46. The van der Waals surface area contributed by atoms with Crippen molar-refractivity contribution in [2.45, 2.75) is 12.8 Å². The maximum Gasteiger partial charge on any atom is 0.339 e. The molecule has 1 N–H and O–H groups in total. The normalized spacial score (nSPS) is 11.9. The second-order valence-electron chi connectivity index (χ2n) is 8.54. The van der Waals surface area contributed by atoms with Gasteiger partial charge >= 0.3 is 5.97 Å². The number of anilines is 1. The number of ether oxygens (including phenoxy) is 1. The number of aryl methyl sites for hydroxylation is 1. The summed E-state index contributed by atoms with van der Waals surface area (Å²) < 4.78 is 6.40. The number of esters is 1. The number of nitrogens with zero attached hydrogens (tertiary/aromatic N) is 2. The zero-order valence-corrected chi connectivity index (χ0v) is 21.1. The zero-order chi connectivity index (χ0) is 25.4. The monoisotopic (exact) mass is 521 g/mol. The molecule has 5 aromatic rings. The highest BCUT2D eigenvalue weighted by molar-refractivity contribution is 7.21. The summed E-state index contributed by atoms with van der Waals surface area (Å²) in [6.45, 7) is -0.461. The minimum absolute atomic E-state index is 0.343. The van der Waals surface area contributed by atoms with Gasteiger partial charge in [-0.15, -0.1) is 22.7 Å². The minimum Gasteiger partial charge on any atom is -0.452 e. The number of carbonyl (C=O) groups excluding carboxylic acids is 2. The quantitative estimate of drug-likeness (QED) is 0.268. The van der Waals surface area contributed by atoms with Crippen LogP contribution in [0.5, 0.6) is 0 Å². The molecule has 1 amide bonds. The molecule has 3 aromatic carbocycles. The molecule has 1 aliphatic carbocycles. The first kappa shape index (κ1) is 23.1. The van der Waals surface area contributed by atoms with Gasteiger partial charge in [0.2, 0.25) is 0 Å². The van der Waals surface area contributed by atoms with Crippen molar-refractivity contribution in [2.24, 2.45) is 0 Å². The Morgan fingerprint density at radius 3 is 2.54 bits per heavy atom. The van der Waals surface area contributed by atoms with E-state index in [0.717, 1.165) is 39.1 Å². The molecule has 180 valence electrons. The Hall–Kier alpha value is -4.32. The third kappa shape index (κ3) is 4.29. The third-order valence-electron chi connectivity index (χ3n) is 6.28. The van der Waals surface area contributed by atoms with Gasteiger partial charge in [0.25, 0.3) is 5.91 Å². The summed E-state index contributed by atoms with van der Waals surface area (Å²) in [5.74, 6) is -1.10. The van der Waals surface area contributed by atoms with Crippen LogP contribution in [0.25, 0.3) is 31.2 Å². The van der Waals surface area contributed by atoms with Crippen molar-refractivity contribution in [3.8, 4) is 27.1 Å². The van der Waals surface area contributed by atoms with E-state index in [2.05, 4.69) is 22.4 Å².